The highest BCUT2D eigenvalue weighted by atomic mass is 32.1. The Morgan fingerprint density at radius 1 is 1.20 bits per heavy atom. The number of hydrogen-bond donors (Lipinski definition) is 0. The molecule has 0 aliphatic heterocycles. The highest BCUT2D eigenvalue weighted by Crippen LogP contribution is 2.29. The Morgan fingerprint density at radius 3 is 2.73 bits per heavy atom. The van der Waals surface area contributed by atoms with E-state index in [1.807, 2.05) is 17.5 Å². The fourth-order valence-corrected chi connectivity index (χ4v) is 3.56. The molecule has 0 atom stereocenters. The van der Waals surface area contributed by atoms with Crippen LogP contribution in [0.1, 0.15) is 28.0 Å². The van der Waals surface area contributed by atoms with Gasteiger partial charge in [-0.1, -0.05) is 12.1 Å². The molecule has 4 rings (SSSR count). The number of hydrogen-bond acceptors (Lipinski definition) is 7. The third kappa shape index (κ3) is 4.09. The summed E-state index contributed by atoms with van der Waals surface area (Å²) in [6, 6.07) is 16.4. The Labute approximate surface area is 176 Å². The molecule has 7 heteroatoms. The van der Waals surface area contributed by atoms with Gasteiger partial charge in [0.15, 0.2) is 5.76 Å². The first-order valence-corrected chi connectivity index (χ1v) is 10.0. The van der Waals surface area contributed by atoms with Gasteiger partial charge in [-0.2, -0.15) is 5.26 Å². The molecule has 0 radical (unpaired) electrons. The van der Waals surface area contributed by atoms with E-state index in [1.54, 1.807) is 55.7 Å². The summed E-state index contributed by atoms with van der Waals surface area (Å²) in [6.45, 7) is 2.10. The molecule has 0 saturated heterocycles. The monoisotopic (exact) mass is 416 g/mol. The van der Waals surface area contributed by atoms with Crippen molar-refractivity contribution in [2.75, 3.05) is 6.61 Å². The number of allylic oxidation sites excluding steroid dienone is 1. The third-order valence-corrected chi connectivity index (χ3v) is 5.10. The van der Waals surface area contributed by atoms with Crippen LogP contribution in [-0.2, 0) is 4.74 Å². The van der Waals surface area contributed by atoms with Crippen LogP contribution < -0.4 is 0 Å². The highest BCUT2D eigenvalue weighted by Gasteiger charge is 2.12. The predicted octanol–water partition coefficient (Wildman–Crippen LogP) is 5.90. The van der Waals surface area contributed by atoms with Gasteiger partial charge in [0, 0.05) is 17.0 Å². The zero-order valence-corrected chi connectivity index (χ0v) is 16.8. The number of carbonyl (C=O) groups is 1. The van der Waals surface area contributed by atoms with Crippen molar-refractivity contribution in [3.05, 3.63) is 76.5 Å². The summed E-state index contributed by atoms with van der Waals surface area (Å²) in [6.07, 6.45) is 3.24. The maximum Gasteiger partial charge on any atom is 0.338 e. The first kappa shape index (κ1) is 19.4. The number of ether oxygens (including phenoxy) is 1. The van der Waals surface area contributed by atoms with E-state index in [-0.39, 0.29) is 5.97 Å². The summed E-state index contributed by atoms with van der Waals surface area (Å²) in [5.41, 5.74) is 2.38. The van der Waals surface area contributed by atoms with Crippen LogP contribution in [0, 0.1) is 11.3 Å². The lowest BCUT2D eigenvalue weighted by atomic mass is 10.1. The fraction of sp³-hybridized carbons (Fsp3) is 0.0870. The van der Waals surface area contributed by atoms with E-state index in [0.717, 1.165) is 5.56 Å². The van der Waals surface area contributed by atoms with Gasteiger partial charge in [-0.05, 0) is 43.3 Å². The Bertz CT molecular complexity index is 1220. The molecule has 0 aliphatic carbocycles. The van der Waals surface area contributed by atoms with E-state index in [1.165, 1.54) is 11.3 Å². The summed E-state index contributed by atoms with van der Waals surface area (Å²) in [7, 11) is 0. The molecule has 0 spiro atoms. The molecule has 1 aromatic carbocycles. The zero-order chi connectivity index (χ0) is 20.9. The van der Waals surface area contributed by atoms with Gasteiger partial charge >= 0.3 is 5.97 Å². The molecular weight excluding hydrogens is 400 g/mol. The van der Waals surface area contributed by atoms with Crippen molar-refractivity contribution in [2.45, 2.75) is 6.92 Å². The van der Waals surface area contributed by atoms with Crippen molar-refractivity contribution in [1.29, 1.82) is 5.26 Å². The SMILES string of the molecule is CCOC(=O)c1ccc(-c2ccc(/C=C(\C#N)c3nc(-c4ccco4)cs3)o2)cc1. The molecule has 0 bridgehead atoms. The summed E-state index contributed by atoms with van der Waals surface area (Å²) in [5.74, 6) is 1.46. The molecular formula is C23H16N2O4S. The molecule has 3 heterocycles. The van der Waals surface area contributed by atoms with Crippen molar-refractivity contribution < 1.29 is 18.4 Å². The molecule has 0 aliphatic rings. The molecule has 30 heavy (non-hydrogen) atoms. The largest absolute Gasteiger partial charge is 0.463 e. The van der Waals surface area contributed by atoms with Gasteiger partial charge in [0.2, 0.25) is 0 Å². The smallest absolute Gasteiger partial charge is 0.338 e. The van der Waals surface area contributed by atoms with Crippen LogP contribution in [0.3, 0.4) is 0 Å². The second-order valence-electron chi connectivity index (χ2n) is 6.18. The Hall–Kier alpha value is -3.89. The number of esters is 1. The van der Waals surface area contributed by atoms with Gasteiger partial charge < -0.3 is 13.6 Å². The minimum atomic E-state index is -0.358. The minimum Gasteiger partial charge on any atom is -0.463 e. The van der Waals surface area contributed by atoms with Gasteiger partial charge in [0.1, 0.15) is 28.3 Å². The van der Waals surface area contributed by atoms with Gasteiger partial charge in [-0.15, -0.1) is 11.3 Å². The average Bonchev–Trinajstić information content (AvgIpc) is 3.54. The molecule has 6 nitrogen and oxygen atoms in total. The van der Waals surface area contributed by atoms with Crippen LogP contribution in [0.2, 0.25) is 0 Å². The molecule has 0 fully saturated rings. The summed E-state index contributed by atoms with van der Waals surface area (Å²) < 4.78 is 16.2. The number of thiazole rings is 1. The van der Waals surface area contributed by atoms with Gasteiger partial charge in [-0.25, -0.2) is 9.78 Å². The van der Waals surface area contributed by atoms with Crippen LogP contribution in [0.4, 0.5) is 0 Å². The normalized spacial score (nSPS) is 11.3. The molecule has 3 aromatic heterocycles. The number of benzene rings is 1. The standard InChI is InChI=1S/C23H16N2O4S/c1-2-27-23(26)16-7-5-15(6-8-16)20-10-9-18(29-20)12-17(13-24)22-25-19(14-30-22)21-4-3-11-28-21/h3-12,14H,2H2,1H3/b17-12+. The predicted molar refractivity (Wildman–Crippen MR) is 113 cm³/mol. The fourth-order valence-electron chi connectivity index (χ4n) is 2.79. The maximum absolute atomic E-state index is 11.8. The average molecular weight is 416 g/mol. The molecule has 148 valence electrons. The first-order chi connectivity index (χ1) is 14.7. The number of nitriles is 1. The van der Waals surface area contributed by atoms with Crippen LogP contribution in [0.15, 0.2) is 69.0 Å². The van der Waals surface area contributed by atoms with Gasteiger partial charge in [-0.3, -0.25) is 0 Å². The van der Waals surface area contributed by atoms with E-state index in [4.69, 9.17) is 13.6 Å². The quantitative estimate of drug-likeness (QED) is 0.287. The summed E-state index contributed by atoms with van der Waals surface area (Å²) in [5, 5.41) is 12.0. The Balaban J connectivity index is 1.55. The molecule has 0 unspecified atom stereocenters. The van der Waals surface area contributed by atoms with Gasteiger partial charge in [0.25, 0.3) is 0 Å². The lowest BCUT2D eigenvalue weighted by Crippen LogP contribution is -2.03. The number of furan rings is 2. The molecule has 0 saturated carbocycles. The molecule has 0 N–H and O–H groups in total. The zero-order valence-electron chi connectivity index (χ0n) is 16.0. The van der Waals surface area contributed by atoms with Crippen molar-refractivity contribution in [2.24, 2.45) is 0 Å². The van der Waals surface area contributed by atoms with Crippen molar-refractivity contribution in [3.63, 3.8) is 0 Å². The highest BCUT2D eigenvalue weighted by molar-refractivity contribution is 7.11. The van der Waals surface area contributed by atoms with Gasteiger partial charge in [0.05, 0.1) is 24.0 Å². The molecule has 4 aromatic rings. The lowest BCUT2D eigenvalue weighted by molar-refractivity contribution is 0.0526. The second-order valence-corrected chi connectivity index (χ2v) is 7.04. The second kappa shape index (κ2) is 8.64. The van der Waals surface area contributed by atoms with Crippen molar-refractivity contribution in [3.8, 4) is 28.8 Å². The van der Waals surface area contributed by atoms with Crippen molar-refractivity contribution in [1.82, 2.24) is 4.98 Å². The first-order valence-electron chi connectivity index (χ1n) is 9.17. The number of rotatable bonds is 6. The van der Waals surface area contributed by atoms with Crippen LogP contribution in [0.25, 0.3) is 34.4 Å². The number of aromatic nitrogens is 1. The van der Waals surface area contributed by atoms with Crippen LogP contribution >= 0.6 is 11.3 Å². The van der Waals surface area contributed by atoms with E-state index in [9.17, 15) is 10.1 Å². The van der Waals surface area contributed by atoms with E-state index in [0.29, 0.717) is 45.7 Å². The Morgan fingerprint density at radius 2 is 2.03 bits per heavy atom. The van der Waals surface area contributed by atoms with E-state index >= 15 is 0 Å². The minimum absolute atomic E-state index is 0.331. The van der Waals surface area contributed by atoms with Crippen LogP contribution in [-0.4, -0.2) is 17.6 Å². The summed E-state index contributed by atoms with van der Waals surface area (Å²) >= 11 is 1.36. The summed E-state index contributed by atoms with van der Waals surface area (Å²) in [4.78, 5) is 16.2. The topological polar surface area (TPSA) is 89.3 Å². The van der Waals surface area contributed by atoms with Crippen LogP contribution in [0.5, 0.6) is 0 Å². The van der Waals surface area contributed by atoms with E-state index < -0.39 is 0 Å². The van der Waals surface area contributed by atoms with E-state index in [2.05, 4.69) is 11.1 Å². The molecule has 0 amide bonds. The lowest BCUT2D eigenvalue weighted by Gasteiger charge is -2.02. The number of nitrogens with zero attached hydrogens (tertiary/aromatic N) is 2. The van der Waals surface area contributed by atoms with Crippen molar-refractivity contribution >= 4 is 29.0 Å². The number of carbonyl (C=O) groups excluding carboxylic acids is 1. The third-order valence-electron chi connectivity index (χ3n) is 4.22. The Kier molecular flexibility index (Phi) is 5.59. The maximum atomic E-state index is 11.8.